The van der Waals surface area contributed by atoms with Gasteiger partial charge in [0.15, 0.2) is 6.61 Å². The van der Waals surface area contributed by atoms with Gasteiger partial charge in [-0.05, 0) is 18.1 Å². The molecule has 0 aliphatic carbocycles. The first-order valence-electron chi connectivity index (χ1n) is 7.77. The molecule has 1 amide bonds. The standard InChI is InChI=1S/C18H18N2O5/c1-2-14(13-8-4-3-5-9-13)18(22)25-12-17(21)19-15-10-6-7-11-16(15)20(23)24/h3-11,14H,2,12H2,1H3,(H,19,21)/t14-/m1/s1. The normalized spacial score (nSPS) is 11.4. The third-order valence-corrected chi connectivity index (χ3v) is 3.62. The molecular weight excluding hydrogens is 324 g/mol. The van der Waals surface area contributed by atoms with Crippen molar-refractivity contribution in [3.05, 3.63) is 70.3 Å². The molecule has 0 radical (unpaired) electrons. The third-order valence-electron chi connectivity index (χ3n) is 3.62. The van der Waals surface area contributed by atoms with E-state index in [1.165, 1.54) is 18.2 Å². The summed E-state index contributed by atoms with van der Waals surface area (Å²) in [6, 6.07) is 14.9. The van der Waals surface area contributed by atoms with Crippen LogP contribution in [0.3, 0.4) is 0 Å². The van der Waals surface area contributed by atoms with Crippen molar-refractivity contribution < 1.29 is 19.2 Å². The molecule has 1 atom stereocenters. The summed E-state index contributed by atoms with van der Waals surface area (Å²) in [7, 11) is 0. The van der Waals surface area contributed by atoms with Gasteiger partial charge in [0.05, 0.1) is 10.8 Å². The van der Waals surface area contributed by atoms with E-state index < -0.39 is 29.3 Å². The van der Waals surface area contributed by atoms with E-state index in [0.29, 0.717) is 6.42 Å². The van der Waals surface area contributed by atoms with Gasteiger partial charge in [-0.3, -0.25) is 19.7 Å². The molecule has 1 N–H and O–H groups in total. The van der Waals surface area contributed by atoms with E-state index in [0.717, 1.165) is 5.56 Å². The first kappa shape index (κ1) is 18.1. The van der Waals surface area contributed by atoms with Crippen LogP contribution < -0.4 is 5.32 Å². The Morgan fingerprint density at radius 2 is 1.76 bits per heavy atom. The van der Waals surface area contributed by atoms with Gasteiger partial charge in [0.2, 0.25) is 0 Å². The molecule has 130 valence electrons. The summed E-state index contributed by atoms with van der Waals surface area (Å²) < 4.78 is 5.06. The van der Waals surface area contributed by atoms with Crippen molar-refractivity contribution in [1.29, 1.82) is 0 Å². The zero-order valence-corrected chi connectivity index (χ0v) is 13.7. The first-order valence-corrected chi connectivity index (χ1v) is 7.77. The Hall–Kier alpha value is -3.22. The first-order chi connectivity index (χ1) is 12.0. The molecule has 7 nitrogen and oxygen atoms in total. The highest BCUT2D eigenvalue weighted by atomic mass is 16.6. The number of carbonyl (C=O) groups is 2. The molecule has 0 aliphatic heterocycles. The van der Waals surface area contributed by atoms with Crippen LogP contribution in [0, 0.1) is 10.1 Å². The summed E-state index contributed by atoms with van der Waals surface area (Å²) in [6.07, 6.45) is 0.536. The molecule has 0 fully saturated rings. The van der Waals surface area contributed by atoms with Crippen LogP contribution in [-0.2, 0) is 14.3 Å². The van der Waals surface area contributed by atoms with Gasteiger partial charge in [-0.2, -0.15) is 0 Å². The lowest BCUT2D eigenvalue weighted by atomic mass is 9.97. The number of amides is 1. The number of nitro benzene ring substituents is 1. The van der Waals surface area contributed by atoms with Crippen LogP contribution in [0.4, 0.5) is 11.4 Å². The zero-order valence-electron chi connectivity index (χ0n) is 13.7. The molecule has 7 heteroatoms. The lowest BCUT2D eigenvalue weighted by Gasteiger charge is -2.14. The molecular formula is C18H18N2O5. The van der Waals surface area contributed by atoms with Crippen LogP contribution in [0.25, 0.3) is 0 Å². The summed E-state index contributed by atoms with van der Waals surface area (Å²) in [5.41, 5.74) is 0.649. The molecule has 0 aliphatic rings. The molecule has 0 spiro atoms. The SMILES string of the molecule is CC[C@@H](C(=O)OCC(=O)Nc1ccccc1[N+](=O)[O-])c1ccccc1. The number of ether oxygens (including phenoxy) is 1. The monoisotopic (exact) mass is 342 g/mol. The van der Waals surface area contributed by atoms with E-state index in [4.69, 9.17) is 4.74 Å². The van der Waals surface area contributed by atoms with Gasteiger partial charge in [-0.25, -0.2) is 0 Å². The van der Waals surface area contributed by atoms with Crippen LogP contribution in [0.5, 0.6) is 0 Å². The highest BCUT2D eigenvalue weighted by molar-refractivity contribution is 5.95. The Morgan fingerprint density at radius 3 is 2.40 bits per heavy atom. The number of rotatable bonds is 7. The van der Waals surface area contributed by atoms with Gasteiger partial charge in [-0.15, -0.1) is 0 Å². The minimum absolute atomic E-state index is 0.0589. The molecule has 0 unspecified atom stereocenters. The van der Waals surface area contributed by atoms with E-state index >= 15 is 0 Å². The maximum absolute atomic E-state index is 12.2. The number of esters is 1. The Bertz CT molecular complexity index is 761. The molecule has 0 saturated carbocycles. The largest absolute Gasteiger partial charge is 0.455 e. The third kappa shape index (κ3) is 4.87. The van der Waals surface area contributed by atoms with Crippen molar-refractivity contribution >= 4 is 23.3 Å². The number of benzene rings is 2. The minimum Gasteiger partial charge on any atom is -0.455 e. The van der Waals surface area contributed by atoms with Crippen molar-refractivity contribution in [3.63, 3.8) is 0 Å². The maximum Gasteiger partial charge on any atom is 0.313 e. The summed E-state index contributed by atoms with van der Waals surface area (Å²) in [5, 5.41) is 13.3. The van der Waals surface area contributed by atoms with Crippen molar-refractivity contribution in [2.45, 2.75) is 19.3 Å². The summed E-state index contributed by atoms with van der Waals surface area (Å²) in [6.45, 7) is 1.35. The van der Waals surface area contributed by atoms with Gasteiger partial charge in [0, 0.05) is 6.07 Å². The van der Waals surface area contributed by atoms with Gasteiger partial charge in [-0.1, -0.05) is 49.4 Å². The molecule has 2 aromatic carbocycles. The van der Waals surface area contributed by atoms with E-state index in [2.05, 4.69) is 5.32 Å². The Morgan fingerprint density at radius 1 is 1.12 bits per heavy atom. The molecule has 2 rings (SSSR count). The Labute approximate surface area is 144 Å². The van der Waals surface area contributed by atoms with Gasteiger partial charge >= 0.3 is 5.97 Å². The van der Waals surface area contributed by atoms with Crippen molar-refractivity contribution in [3.8, 4) is 0 Å². The average molecular weight is 342 g/mol. The molecule has 0 aromatic heterocycles. The Balaban J connectivity index is 1.96. The van der Waals surface area contributed by atoms with E-state index in [1.807, 2.05) is 37.3 Å². The maximum atomic E-state index is 12.2. The molecule has 0 saturated heterocycles. The number of nitro groups is 1. The predicted molar refractivity (Wildman–Crippen MR) is 92.2 cm³/mol. The second-order valence-corrected chi connectivity index (χ2v) is 5.30. The smallest absolute Gasteiger partial charge is 0.313 e. The number of nitrogens with zero attached hydrogens (tertiary/aromatic N) is 1. The van der Waals surface area contributed by atoms with Gasteiger partial charge < -0.3 is 10.1 Å². The number of hydrogen-bond donors (Lipinski definition) is 1. The van der Waals surface area contributed by atoms with Crippen LogP contribution in [0.2, 0.25) is 0 Å². The van der Waals surface area contributed by atoms with Crippen LogP contribution in [0.15, 0.2) is 54.6 Å². The minimum atomic E-state index is -0.634. The number of hydrogen-bond acceptors (Lipinski definition) is 5. The lowest BCUT2D eigenvalue weighted by molar-refractivity contribution is -0.383. The van der Waals surface area contributed by atoms with Gasteiger partial charge in [0.1, 0.15) is 5.69 Å². The van der Waals surface area contributed by atoms with E-state index in [1.54, 1.807) is 6.07 Å². The quantitative estimate of drug-likeness (QED) is 0.473. The summed E-state index contributed by atoms with van der Waals surface area (Å²) in [5.74, 6) is -1.60. The van der Waals surface area contributed by atoms with E-state index in [9.17, 15) is 19.7 Å². The molecule has 0 heterocycles. The molecule has 2 aromatic rings. The number of nitrogens with one attached hydrogen (secondary N) is 1. The summed E-state index contributed by atoms with van der Waals surface area (Å²) in [4.78, 5) is 34.5. The van der Waals surface area contributed by atoms with E-state index in [-0.39, 0.29) is 11.4 Å². The van der Waals surface area contributed by atoms with Crippen LogP contribution in [-0.4, -0.2) is 23.4 Å². The fourth-order valence-electron chi connectivity index (χ4n) is 2.39. The lowest BCUT2D eigenvalue weighted by Crippen LogP contribution is -2.24. The number of para-hydroxylation sites is 2. The van der Waals surface area contributed by atoms with Crippen molar-refractivity contribution in [1.82, 2.24) is 0 Å². The summed E-state index contributed by atoms with van der Waals surface area (Å²) >= 11 is 0. The highest BCUT2D eigenvalue weighted by Crippen LogP contribution is 2.23. The molecule has 25 heavy (non-hydrogen) atoms. The Kier molecular flexibility index (Phi) is 6.22. The topological polar surface area (TPSA) is 98.5 Å². The van der Waals surface area contributed by atoms with Gasteiger partial charge in [0.25, 0.3) is 11.6 Å². The van der Waals surface area contributed by atoms with Crippen molar-refractivity contribution in [2.75, 3.05) is 11.9 Å². The van der Waals surface area contributed by atoms with Crippen LogP contribution >= 0.6 is 0 Å². The highest BCUT2D eigenvalue weighted by Gasteiger charge is 2.21. The van der Waals surface area contributed by atoms with Crippen molar-refractivity contribution in [2.24, 2.45) is 0 Å². The second-order valence-electron chi connectivity index (χ2n) is 5.30. The predicted octanol–water partition coefficient (Wildman–Crippen LogP) is 3.27. The zero-order chi connectivity index (χ0) is 18.2. The molecule has 0 bridgehead atoms. The fraction of sp³-hybridized carbons (Fsp3) is 0.222. The second kappa shape index (κ2) is 8.58. The van der Waals surface area contributed by atoms with Crippen LogP contribution in [0.1, 0.15) is 24.8 Å². The number of anilines is 1. The number of carbonyl (C=O) groups excluding carboxylic acids is 2. The average Bonchev–Trinajstić information content (AvgIpc) is 2.62. The fourth-order valence-corrected chi connectivity index (χ4v) is 2.39.